The van der Waals surface area contributed by atoms with Crippen LogP contribution in [0.5, 0.6) is 0 Å². The van der Waals surface area contributed by atoms with Crippen LogP contribution in [-0.2, 0) is 29.0 Å². The lowest BCUT2D eigenvalue weighted by Gasteiger charge is -2.48. The topological polar surface area (TPSA) is 147 Å². The molecule has 0 aromatic heterocycles. The lowest BCUT2D eigenvalue weighted by atomic mass is 10.0. The predicted molar refractivity (Wildman–Crippen MR) is 98.1 cm³/mol. The highest BCUT2D eigenvalue weighted by Crippen LogP contribution is 2.37. The molecule has 1 fully saturated rings. The van der Waals surface area contributed by atoms with Crippen molar-refractivity contribution in [2.45, 2.75) is 25.3 Å². The van der Waals surface area contributed by atoms with Crippen LogP contribution in [0, 0.1) is 6.92 Å². The maximum absolute atomic E-state index is 12.7. The number of carbonyl (C=O) groups excluding carboxylic acids is 3. The Labute approximate surface area is 166 Å². The summed E-state index contributed by atoms with van der Waals surface area (Å²) in [4.78, 5) is 48.2. The van der Waals surface area contributed by atoms with Gasteiger partial charge in [-0.05, 0) is 19.1 Å². The van der Waals surface area contributed by atoms with Crippen molar-refractivity contribution in [2.24, 2.45) is 0 Å². The number of sulfone groups is 1. The molecule has 29 heavy (non-hydrogen) atoms. The van der Waals surface area contributed by atoms with E-state index in [2.05, 4.69) is 5.32 Å². The van der Waals surface area contributed by atoms with Gasteiger partial charge in [0, 0.05) is 18.1 Å². The molecule has 0 aliphatic carbocycles. The number of nitrogens with one attached hydrogen (secondary N) is 1. The van der Waals surface area contributed by atoms with Crippen molar-refractivity contribution >= 4 is 33.6 Å². The Kier molecular flexibility index (Phi) is 5.18. The van der Waals surface area contributed by atoms with Gasteiger partial charge in [0.1, 0.15) is 18.3 Å². The van der Waals surface area contributed by atoms with E-state index in [1.54, 1.807) is 12.1 Å². The van der Waals surface area contributed by atoms with Crippen LogP contribution in [0.4, 0.5) is 0 Å². The molecule has 2 atom stereocenters. The molecule has 154 valence electrons. The molecule has 0 saturated carbocycles. The van der Waals surface area contributed by atoms with E-state index in [1.165, 1.54) is 12.1 Å². The summed E-state index contributed by atoms with van der Waals surface area (Å²) in [5.41, 5.74) is 0.399. The van der Waals surface area contributed by atoms with Crippen LogP contribution in [0.15, 0.2) is 35.5 Å². The number of ether oxygens (including phenoxy) is 1. The van der Waals surface area contributed by atoms with E-state index in [9.17, 15) is 32.7 Å². The number of carboxylic acid groups (broad SMARTS) is 1. The van der Waals surface area contributed by atoms with Crippen LogP contribution >= 0.6 is 0 Å². The summed E-state index contributed by atoms with van der Waals surface area (Å²) in [7, 11) is -4.03. The molecule has 0 spiro atoms. The number of fused-ring (bicyclic) bond motifs is 1. The number of β-lactam (4-membered cyclic amide) rings is 1. The first-order valence-corrected chi connectivity index (χ1v) is 10.3. The van der Waals surface area contributed by atoms with Gasteiger partial charge in [0.2, 0.25) is 0 Å². The number of benzene rings is 1. The molecule has 1 aromatic carbocycles. The molecule has 11 heteroatoms. The Morgan fingerprint density at radius 2 is 1.86 bits per heavy atom. The Morgan fingerprint density at radius 1 is 1.24 bits per heavy atom. The first kappa shape index (κ1) is 20.5. The van der Waals surface area contributed by atoms with Crippen molar-refractivity contribution in [1.82, 2.24) is 10.2 Å². The number of rotatable bonds is 5. The van der Waals surface area contributed by atoms with E-state index in [1.807, 2.05) is 6.92 Å². The largest absolute Gasteiger partial charge is 0.477 e. The summed E-state index contributed by atoms with van der Waals surface area (Å²) in [6, 6.07) is 5.03. The number of aliphatic carboxylic acids is 1. The fraction of sp³-hybridized carbons (Fsp3) is 0.333. The van der Waals surface area contributed by atoms with Crippen molar-refractivity contribution in [3.63, 3.8) is 0 Å². The third-order valence-electron chi connectivity index (χ3n) is 4.61. The number of hydrogen-bond donors (Lipinski definition) is 2. The highest BCUT2D eigenvalue weighted by atomic mass is 32.2. The van der Waals surface area contributed by atoms with Crippen LogP contribution in [0.1, 0.15) is 22.8 Å². The number of esters is 1. The van der Waals surface area contributed by atoms with Crippen molar-refractivity contribution in [3.8, 4) is 0 Å². The van der Waals surface area contributed by atoms with E-state index in [0.29, 0.717) is 4.90 Å². The minimum atomic E-state index is -4.03. The Balaban J connectivity index is 1.89. The lowest BCUT2D eigenvalue weighted by molar-refractivity contribution is -0.149. The maximum Gasteiger partial charge on any atom is 0.352 e. The molecule has 2 aliphatic rings. The number of hydrogen-bond acceptors (Lipinski definition) is 7. The monoisotopic (exact) mass is 422 g/mol. The molecule has 0 bridgehead atoms. The molecular weight excluding hydrogens is 404 g/mol. The van der Waals surface area contributed by atoms with E-state index in [0.717, 1.165) is 12.5 Å². The fourth-order valence-corrected chi connectivity index (χ4v) is 5.26. The minimum absolute atomic E-state index is 0.208. The van der Waals surface area contributed by atoms with Crippen molar-refractivity contribution in [3.05, 3.63) is 46.7 Å². The molecule has 3 rings (SSSR count). The number of carbonyl (C=O) groups is 4. The molecule has 2 N–H and O–H groups in total. The Morgan fingerprint density at radius 3 is 2.41 bits per heavy atom. The van der Waals surface area contributed by atoms with Gasteiger partial charge in [-0.1, -0.05) is 17.7 Å². The van der Waals surface area contributed by atoms with Gasteiger partial charge >= 0.3 is 11.9 Å². The molecule has 2 amide bonds. The summed E-state index contributed by atoms with van der Waals surface area (Å²) < 4.78 is 30.1. The van der Waals surface area contributed by atoms with E-state index < -0.39 is 63.1 Å². The van der Waals surface area contributed by atoms with Crippen LogP contribution in [0.3, 0.4) is 0 Å². The lowest BCUT2D eigenvalue weighted by Crippen LogP contribution is -2.74. The first-order chi connectivity index (χ1) is 13.5. The van der Waals surface area contributed by atoms with Crippen molar-refractivity contribution in [2.75, 3.05) is 12.4 Å². The second-order valence-corrected chi connectivity index (χ2v) is 8.86. The van der Waals surface area contributed by atoms with Gasteiger partial charge < -0.3 is 15.2 Å². The number of amides is 2. The van der Waals surface area contributed by atoms with Crippen LogP contribution < -0.4 is 5.32 Å². The smallest absolute Gasteiger partial charge is 0.352 e. The van der Waals surface area contributed by atoms with E-state index in [4.69, 9.17) is 4.74 Å². The summed E-state index contributed by atoms with van der Waals surface area (Å²) in [5, 5.41) is 10.3. The summed E-state index contributed by atoms with van der Waals surface area (Å²) in [6.07, 6.45) is 0. The van der Waals surface area contributed by atoms with Crippen LogP contribution in [0.25, 0.3) is 0 Å². The second-order valence-electron chi connectivity index (χ2n) is 6.76. The molecule has 0 radical (unpaired) electrons. The molecular formula is C18H18N2O8S. The highest BCUT2D eigenvalue weighted by Gasteiger charge is 2.60. The zero-order chi connectivity index (χ0) is 21.5. The predicted octanol–water partition coefficient (Wildman–Crippen LogP) is -0.408. The van der Waals surface area contributed by atoms with Gasteiger partial charge in [0.25, 0.3) is 11.8 Å². The second kappa shape index (κ2) is 7.32. The van der Waals surface area contributed by atoms with Gasteiger partial charge in [-0.2, -0.15) is 0 Å². The zero-order valence-corrected chi connectivity index (χ0v) is 16.4. The highest BCUT2D eigenvalue weighted by molar-refractivity contribution is 7.92. The number of aryl methyl sites for hydroxylation is 1. The molecule has 1 saturated heterocycles. The zero-order valence-electron chi connectivity index (χ0n) is 15.5. The van der Waals surface area contributed by atoms with E-state index in [-0.39, 0.29) is 11.1 Å². The van der Waals surface area contributed by atoms with Gasteiger partial charge in [-0.3, -0.25) is 19.3 Å². The van der Waals surface area contributed by atoms with Crippen LogP contribution in [-0.4, -0.2) is 66.0 Å². The van der Waals surface area contributed by atoms with Crippen LogP contribution in [0.2, 0.25) is 0 Å². The Bertz CT molecular complexity index is 1040. The Hall–Kier alpha value is -3.21. The third-order valence-corrected chi connectivity index (χ3v) is 6.58. The van der Waals surface area contributed by atoms with Gasteiger partial charge in [-0.15, -0.1) is 0 Å². The average molecular weight is 422 g/mol. The molecule has 0 unspecified atom stereocenters. The van der Waals surface area contributed by atoms with Crippen molar-refractivity contribution < 1.29 is 37.4 Å². The van der Waals surface area contributed by atoms with Gasteiger partial charge in [-0.25, -0.2) is 13.2 Å². The standard InChI is InChI=1S/C18H18N2O8S/c1-9-3-5-11(6-4-9)15(22)19-13-16(23)20-14(18(24)25)12(7-28-10(2)21)8-29(26,27)17(13)20/h3-6,13,17H,7-8H2,1-2H3,(H,19,22)(H,24,25)/t13-,17+/m1/s1. The average Bonchev–Trinajstić information content (AvgIpc) is 2.63. The molecule has 10 nitrogen and oxygen atoms in total. The summed E-state index contributed by atoms with van der Waals surface area (Å²) in [5.74, 6) is -4.46. The molecule has 2 heterocycles. The minimum Gasteiger partial charge on any atom is -0.477 e. The van der Waals surface area contributed by atoms with Crippen molar-refractivity contribution in [1.29, 1.82) is 0 Å². The third kappa shape index (κ3) is 3.73. The summed E-state index contributed by atoms with van der Waals surface area (Å²) in [6.45, 7) is 2.36. The van der Waals surface area contributed by atoms with Gasteiger partial charge in [0.05, 0.1) is 5.75 Å². The quantitative estimate of drug-likeness (QED) is 0.481. The SMILES string of the molecule is CC(=O)OCC1=C(C(=O)O)N2C(=O)[C@@H](NC(=O)c3ccc(C)cc3)[C@@H]2S(=O)(=O)C1. The number of carboxylic acids is 1. The van der Waals surface area contributed by atoms with E-state index >= 15 is 0 Å². The normalized spacial score (nSPS) is 22.4. The fourth-order valence-electron chi connectivity index (χ4n) is 3.25. The summed E-state index contributed by atoms with van der Waals surface area (Å²) >= 11 is 0. The van der Waals surface area contributed by atoms with Gasteiger partial charge in [0.15, 0.2) is 15.2 Å². The maximum atomic E-state index is 12.7. The first-order valence-electron chi connectivity index (χ1n) is 8.54. The molecule has 1 aromatic rings. The molecule has 2 aliphatic heterocycles. The number of nitrogens with zero attached hydrogens (tertiary/aromatic N) is 1.